The monoisotopic (exact) mass is 285 g/mol. The average Bonchev–Trinajstić information content (AvgIpc) is 2.32. The van der Waals surface area contributed by atoms with Gasteiger partial charge in [0.2, 0.25) is 0 Å². The van der Waals surface area contributed by atoms with E-state index in [-0.39, 0.29) is 11.3 Å². The zero-order valence-corrected chi connectivity index (χ0v) is 12.1. The van der Waals surface area contributed by atoms with Gasteiger partial charge in [0.25, 0.3) is 5.91 Å². The van der Waals surface area contributed by atoms with Crippen LogP contribution in [0.2, 0.25) is 5.02 Å². The van der Waals surface area contributed by atoms with Crippen LogP contribution in [0.5, 0.6) is 0 Å². The molecule has 0 saturated carbocycles. The van der Waals surface area contributed by atoms with E-state index in [1.165, 1.54) is 0 Å². The smallest absolute Gasteiger partial charge is 0.254 e. The lowest BCUT2D eigenvalue weighted by Gasteiger charge is -2.34. The van der Waals surface area contributed by atoms with Gasteiger partial charge in [-0.15, -0.1) is 11.6 Å². The van der Waals surface area contributed by atoms with Crippen LogP contribution in [0, 0.1) is 12.8 Å². The summed E-state index contributed by atoms with van der Waals surface area (Å²) in [5.41, 5.74) is 1.66. The molecule has 0 aromatic heterocycles. The molecule has 4 heteroatoms. The molecule has 1 aromatic carbocycles. The van der Waals surface area contributed by atoms with Crippen LogP contribution in [0.25, 0.3) is 0 Å². The Morgan fingerprint density at radius 2 is 2.17 bits per heavy atom. The highest BCUT2D eigenvalue weighted by Gasteiger charge is 2.28. The second-order valence-corrected chi connectivity index (χ2v) is 5.99. The predicted octanol–water partition coefficient (Wildman–Crippen LogP) is 3.74. The molecule has 18 heavy (non-hydrogen) atoms. The van der Waals surface area contributed by atoms with Gasteiger partial charge in [-0.1, -0.05) is 18.5 Å². The number of hydrogen-bond donors (Lipinski definition) is 0. The number of nitrogens with zero attached hydrogens (tertiary/aromatic N) is 1. The number of carbonyl (C=O) groups excluding carboxylic acids is 1. The maximum Gasteiger partial charge on any atom is 0.254 e. The minimum Gasteiger partial charge on any atom is -0.338 e. The molecule has 1 heterocycles. The highest BCUT2D eigenvalue weighted by molar-refractivity contribution is 6.30. The molecule has 0 N–H and O–H groups in total. The number of halogens is 2. The first kappa shape index (κ1) is 13.7. The van der Waals surface area contributed by atoms with Gasteiger partial charge >= 0.3 is 0 Å². The van der Waals surface area contributed by atoms with E-state index in [0.717, 1.165) is 30.6 Å². The molecular weight excluding hydrogens is 269 g/mol. The van der Waals surface area contributed by atoms with Gasteiger partial charge in [-0.2, -0.15) is 0 Å². The van der Waals surface area contributed by atoms with Crippen LogP contribution in [0.15, 0.2) is 18.2 Å². The standard InChI is InChI=1S/C14H17Cl2NO/c1-9-7-11(15)3-4-12(9)14(18)17-6-5-13(16)10(2)8-17/h3-4,7,10,13H,5-6,8H2,1-2H3. The quantitative estimate of drug-likeness (QED) is 0.720. The Bertz CT molecular complexity index is 461. The largest absolute Gasteiger partial charge is 0.338 e. The topological polar surface area (TPSA) is 20.3 Å². The van der Waals surface area contributed by atoms with Gasteiger partial charge < -0.3 is 4.90 Å². The normalized spacial score (nSPS) is 24.1. The van der Waals surface area contributed by atoms with Crippen molar-refractivity contribution in [1.29, 1.82) is 0 Å². The third kappa shape index (κ3) is 2.81. The number of rotatable bonds is 1. The van der Waals surface area contributed by atoms with Crippen molar-refractivity contribution in [2.45, 2.75) is 25.6 Å². The predicted molar refractivity (Wildman–Crippen MR) is 75.5 cm³/mol. The zero-order valence-electron chi connectivity index (χ0n) is 10.6. The Morgan fingerprint density at radius 1 is 1.44 bits per heavy atom. The van der Waals surface area contributed by atoms with Crippen LogP contribution >= 0.6 is 23.2 Å². The van der Waals surface area contributed by atoms with Crippen molar-refractivity contribution < 1.29 is 4.79 Å². The second kappa shape index (κ2) is 5.50. The molecule has 1 fully saturated rings. The van der Waals surface area contributed by atoms with Crippen molar-refractivity contribution >= 4 is 29.1 Å². The van der Waals surface area contributed by atoms with Crippen molar-refractivity contribution in [1.82, 2.24) is 4.90 Å². The Morgan fingerprint density at radius 3 is 2.78 bits per heavy atom. The Kier molecular flexibility index (Phi) is 4.18. The molecule has 1 amide bonds. The van der Waals surface area contributed by atoms with Crippen molar-refractivity contribution in [2.75, 3.05) is 13.1 Å². The molecule has 2 rings (SSSR count). The van der Waals surface area contributed by atoms with Gasteiger partial charge in [-0.25, -0.2) is 0 Å². The summed E-state index contributed by atoms with van der Waals surface area (Å²) < 4.78 is 0. The molecule has 1 aromatic rings. The summed E-state index contributed by atoms with van der Waals surface area (Å²) in [7, 11) is 0. The number of benzene rings is 1. The fourth-order valence-corrected chi connectivity index (χ4v) is 2.74. The van der Waals surface area contributed by atoms with E-state index in [1.807, 2.05) is 17.9 Å². The van der Waals surface area contributed by atoms with Crippen LogP contribution in [0.1, 0.15) is 29.3 Å². The summed E-state index contributed by atoms with van der Waals surface area (Å²) >= 11 is 12.1. The van der Waals surface area contributed by atoms with Crippen LogP contribution < -0.4 is 0 Å². The Labute approximate surface area is 118 Å². The fraction of sp³-hybridized carbons (Fsp3) is 0.500. The van der Waals surface area contributed by atoms with E-state index in [1.54, 1.807) is 12.1 Å². The summed E-state index contributed by atoms with van der Waals surface area (Å²) in [6.07, 6.45) is 0.862. The summed E-state index contributed by atoms with van der Waals surface area (Å²) in [5.74, 6) is 0.427. The van der Waals surface area contributed by atoms with Crippen LogP contribution in [0.4, 0.5) is 0 Å². The second-order valence-electron chi connectivity index (χ2n) is 4.99. The molecule has 2 nitrogen and oxygen atoms in total. The lowest BCUT2D eigenvalue weighted by molar-refractivity contribution is 0.0686. The molecule has 0 spiro atoms. The van der Waals surface area contributed by atoms with Crippen LogP contribution in [0.3, 0.4) is 0 Å². The maximum atomic E-state index is 12.4. The summed E-state index contributed by atoms with van der Waals surface area (Å²) in [4.78, 5) is 14.3. The van der Waals surface area contributed by atoms with Gasteiger partial charge in [0, 0.05) is 29.1 Å². The average molecular weight is 286 g/mol. The number of carbonyl (C=O) groups is 1. The molecule has 0 radical (unpaired) electrons. The lowest BCUT2D eigenvalue weighted by atomic mass is 9.98. The Balaban J connectivity index is 2.16. The third-order valence-corrected chi connectivity index (χ3v) is 4.39. The van der Waals surface area contributed by atoms with E-state index in [9.17, 15) is 4.79 Å². The Hall–Kier alpha value is -0.730. The van der Waals surface area contributed by atoms with Gasteiger partial charge in [0.15, 0.2) is 0 Å². The van der Waals surface area contributed by atoms with E-state index in [2.05, 4.69) is 6.92 Å². The SMILES string of the molecule is Cc1cc(Cl)ccc1C(=O)N1CCC(Cl)C(C)C1. The third-order valence-electron chi connectivity index (χ3n) is 3.51. The van der Waals surface area contributed by atoms with Gasteiger partial charge in [0.1, 0.15) is 0 Å². The lowest BCUT2D eigenvalue weighted by Crippen LogP contribution is -2.43. The highest BCUT2D eigenvalue weighted by Crippen LogP contribution is 2.24. The van der Waals surface area contributed by atoms with E-state index >= 15 is 0 Å². The van der Waals surface area contributed by atoms with Crippen LogP contribution in [-0.2, 0) is 0 Å². The maximum absolute atomic E-state index is 12.4. The van der Waals surface area contributed by atoms with E-state index in [0.29, 0.717) is 10.9 Å². The molecule has 1 aliphatic heterocycles. The molecule has 0 aliphatic carbocycles. The number of hydrogen-bond acceptors (Lipinski definition) is 1. The van der Waals surface area contributed by atoms with Crippen molar-refractivity contribution in [3.05, 3.63) is 34.3 Å². The van der Waals surface area contributed by atoms with Crippen LogP contribution in [-0.4, -0.2) is 29.3 Å². The first-order chi connectivity index (χ1) is 8.49. The van der Waals surface area contributed by atoms with Gasteiger partial charge in [-0.3, -0.25) is 4.79 Å². The number of alkyl halides is 1. The van der Waals surface area contributed by atoms with Crippen molar-refractivity contribution in [2.24, 2.45) is 5.92 Å². The summed E-state index contributed by atoms with van der Waals surface area (Å²) in [6, 6.07) is 5.39. The van der Waals surface area contributed by atoms with Crippen molar-refractivity contribution in [3.63, 3.8) is 0 Å². The van der Waals surface area contributed by atoms with E-state index < -0.39 is 0 Å². The molecule has 1 aliphatic rings. The molecular formula is C14H17Cl2NO. The summed E-state index contributed by atoms with van der Waals surface area (Å²) in [6.45, 7) is 5.47. The minimum absolute atomic E-state index is 0.0829. The molecule has 2 atom stereocenters. The molecule has 0 bridgehead atoms. The number of piperidine rings is 1. The molecule has 1 saturated heterocycles. The molecule has 2 unspecified atom stereocenters. The van der Waals surface area contributed by atoms with Crippen molar-refractivity contribution in [3.8, 4) is 0 Å². The number of amides is 1. The highest BCUT2D eigenvalue weighted by atomic mass is 35.5. The van der Waals surface area contributed by atoms with Gasteiger partial charge in [0.05, 0.1) is 0 Å². The summed E-state index contributed by atoms with van der Waals surface area (Å²) in [5, 5.41) is 0.845. The molecule has 98 valence electrons. The van der Waals surface area contributed by atoms with E-state index in [4.69, 9.17) is 23.2 Å². The first-order valence-electron chi connectivity index (χ1n) is 6.18. The minimum atomic E-state index is 0.0829. The number of aryl methyl sites for hydroxylation is 1. The van der Waals surface area contributed by atoms with Gasteiger partial charge in [-0.05, 0) is 43.0 Å². The first-order valence-corrected chi connectivity index (χ1v) is 7.00. The fourth-order valence-electron chi connectivity index (χ4n) is 2.34. The number of likely N-dealkylation sites (tertiary alicyclic amines) is 1. The zero-order chi connectivity index (χ0) is 13.3.